The van der Waals surface area contributed by atoms with Crippen LogP contribution in [0.15, 0.2) is 46.1 Å². The maximum Gasteiger partial charge on any atom is 0.323 e. The highest BCUT2D eigenvalue weighted by Gasteiger charge is 2.16. The van der Waals surface area contributed by atoms with Gasteiger partial charge < -0.3 is 25.9 Å². The summed E-state index contributed by atoms with van der Waals surface area (Å²) in [7, 11) is 0. The van der Waals surface area contributed by atoms with Crippen LogP contribution in [-0.2, 0) is 9.59 Å². The van der Waals surface area contributed by atoms with Crippen LogP contribution in [0.25, 0.3) is 11.0 Å². The van der Waals surface area contributed by atoms with Crippen LogP contribution >= 0.6 is 11.8 Å². The Kier molecular flexibility index (Phi) is 5.09. The van der Waals surface area contributed by atoms with Gasteiger partial charge in [0, 0.05) is 28.3 Å². The number of anilines is 2. The highest BCUT2D eigenvalue weighted by atomic mass is 32.2. The van der Waals surface area contributed by atoms with Crippen molar-refractivity contribution >= 4 is 51.9 Å². The molecule has 5 N–H and O–H groups in total. The topological polar surface area (TPSA) is 136 Å². The lowest BCUT2D eigenvalue weighted by Gasteiger charge is -2.10. The Labute approximate surface area is 168 Å². The molecule has 10 heteroatoms. The third kappa shape index (κ3) is 4.32. The van der Waals surface area contributed by atoms with E-state index in [9.17, 15) is 19.2 Å². The Morgan fingerprint density at radius 3 is 2.72 bits per heavy atom. The zero-order valence-electron chi connectivity index (χ0n) is 15.1. The lowest BCUT2D eigenvalue weighted by Crippen LogP contribution is -2.32. The maximum atomic E-state index is 12.4. The highest BCUT2D eigenvalue weighted by molar-refractivity contribution is 7.99. The van der Waals surface area contributed by atoms with Crippen LogP contribution in [-0.4, -0.2) is 40.0 Å². The summed E-state index contributed by atoms with van der Waals surface area (Å²) in [6.45, 7) is -0.223. The number of amides is 3. The van der Waals surface area contributed by atoms with Crippen LogP contribution < -0.4 is 21.6 Å². The van der Waals surface area contributed by atoms with Crippen LogP contribution in [0.5, 0.6) is 0 Å². The number of imidazole rings is 1. The number of carbonyl (C=O) groups is 3. The smallest absolute Gasteiger partial charge is 0.323 e. The van der Waals surface area contributed by atoms with Crippen molar-refractivity contribution < 1.29 is 14.4 Å². The molecule has 0 unspecified atom stereocenters. The minimum atomic E-state index is -0.420. The van der Waals surface area contributed by atoms with Crippen LogP contribution in [0, 0.1) is 0 Å². The van der Waals surface area contributed by atoms with Gasteiger partial charge in [-0.1, -0.05) is 0 Å². The summed E-state index contributed by atoms with van der Waals surface area (Å²) in [5.74, 6) is -0.229. The van der Waals surface area contributed by atoms with Crippen LogP contribution in [0.4, 0.5) is 11.4 Å². The molecule has 1 aromatic heterocycles. The first kappa shape index (κ1) is 18.8. The number of thioether (sulfide) groups is 1. The summed E-state index contributed by atoms with van der Waals surface area (Å²) in [6, 6.07) is 10.00. The van der Waals surface area contributed by atoms with E-state index in [1.807, 2.05) is 0 Å². The first-order valence-electron chi connectivity index (χ1n) is 8.85. The number of nitrogens with one attached hydrogen (secondary N) is 5. The molecule has 0 radical (unpaired) electrons. The van der Waals surface area contributed by atoms with E-state index in [-0.39, 0.29) is 18.1 Å². The normalized spacial score (nSPS) is 13.3. The van der Waals surface area contributed by atoms with Gasteiger partial charge in [-0.3, -0.25) is 14.4 Å². The number of H-pyrrole nitrogens is 2. The van der Waals surface area contributed by atoms with Gasteiger partial charge in [0.15, 0.2) is 0 Å². The second-order valence-electron chi connectivity index (χ2n) is 6.43. The average Bonchev–Trinajstić information content (AvgIpc) is 2.95. The number of rotatable bonds is 4. The molecule has 0 spiro atoms. The zero-order valence-corrected chi connectivity index (χ0v) is 15.9. The van der Waals surface area contributed by atoms with Gasteiger partial charge in [-0.05, 0) is 36.4 Å². The molecule has 1 aliphatic rings. The van der Waals surface area contributed by atoms with Crippen molar-refractivity contribution in [1.29, 1.82) is 0 Å². The van der Waals surface area contributed by atoms with E-state index in [1.165, 1.54) is 0 Å². The van der Waals surface area contributed by atoms with Crippen molar-refractivity contribution in [2.24, 2.45) is 0 Å². The van der Waals surface area contributed by atoms with Crippen molar-refractivity contribution in [1.82, 2.24) is 15.3 Å². The van der Waals surface area contributed by atoms with Crippen molar-refractivity contribution in [2.45, 2.75) is 11.3 Å². The third-order valence-electron chi connectivity index (χ3n) is 4.31. The Hall–Kier alpha value is -3.53. The summed E-state index contributed by atoms with van der Waals surface area (Å²) >= 11 is 1.55. The van der Waals surface area contributed by atoms with Gasteiger partial charge in [0.25, 0.3) is 5.91 Å². The second kappa shape index (κ2) is 7.84. The van der Waals surface area contributed by atoms with Crippen LogP contribution in [0.1, 0.15) is 16.8 Å². The largest absolute Gasteiger partial charge is 0.343 e. The summed E-state index contributed by atoms with van der Waals surface area (Å²) in [5.41, 5.74) is 2.33. The standard InChI is InChI=1S/C19H17N5O4S/c25-16-5-6-29-15-4-1-10(7-14(15)22-16)18(27)20-9-17(26)21-11-2-3-12-13(8-11)24-19(28)23-12/h1-4,7-8H,5-6,9H2,(H,20,27)(H,21,26)(H,22,25)(H2,23,24,28). The van der Waals surface area contributed by atoms with E-state index >= 15 is 0 Å². The number of carbonyl (C=O) groups excluding carboxylic acids is 3. The van der Waals surface area contributed by atoms with E-state index in [2.05, 4.69) is 25.9 Å². The zero-order chi connectivity index (χ0) is 20.4. The number of benzene rings is 2. The van der Waals surface area contributed by atoms with Crippen molar-refractivity contribution in [2.75, 3.05) is 22.9 Å². The molecule has 0 aliphatic carbocycles. The molecule has 4 rings (SSSR count). The predicted molar refractivity (Wildman–Crippen MR) is 110 cm³/mol. The molecule has 1 aliphatic heterocycles. The number of hydrogen-bond acceptors (Lipinski definition) is 5. The van der Waals surface area contributed by atoms with Crippen molar-refractivity contribution in [3.63, 3.8) is 0 Å². The lowest BCUT2D eigenvalue weighted by atomic mass is 10.2. The lowest BCUT2D eigenvalue weighted by molar-refractivity contribution is -0.116. The quantitative estimate of drug-likeness (QED) is 0.445. The molecule has 0 bridgehead atoms. The molecular weight excluding hydrogens is 394 g/mol. The Morgan fingerprint density at radius 1 is 1.03 bits per heavy atom. The van der Waals surface area contributed by atoms with Crippen LogP contribution in [0.3, 0.4) is 0 Å². The molecule has 2 aromatic carbocycles. The van der Waals surface area contributed by atoms with Gasteiger partial charge in [-0.2, -0.15) is 0 Å². The third-order valence-corrected chi connectivity index (χ3v) is 5.39. The van der Waals surface area contributed by atoms with Gasteiger partial charge >= 0.3 is 5.69 Å². The molecule has 0 atom stereocenters. The average molecular weight is 411 g/mol. The number of hydrogen-bond donors (Lipinski definition) is 5. The number of aromatic amines is 2. The molecular formula is C19H17N5O4S. The molecule has 0 saturated carbocycles. The fraction of sp³-hybridized carbons (Fsp3) is 0.158. The van der Waals surface area contributed by atoms with Gasteiger partial charge in [-0.15, -0.1) is 11.8 Å². The van der Waals surface area contributed by atoms with E-state index in [4.69, 9.17) is 0 Å². The predicted octanol–water partition coefficient (Wildman–Crippen LogP) is 1.66. The molecule has 0 fully saturated rings. The molecule has 29 heavy (non-hydrogen) atoms. The van der Waals surface area contributed by atoms with E-state index < -0.39 is 11.8 Å². The second-order valence-corrected chi connectivity index (χ2v) is 7.56. The van der Waals surface area contributed by atoms with Crippen LogP contribution in [0.2, 0.25) is 0 Å². The number of fused-ring (bicyclic) bond motifs is 2. The Bertz CT molecular complexity index is 1180. The monoisotopic (exact) mass is 411 g/mol. The van der Waals surface area contributed by atoms with Gasteiger partial charge in [-0.25, -0.2) is 4.79 Å². The van der Waals surface area contributed by atoms with E-state index in [0.717, 1.165) is 4.90 Å². The summed E-state index contributed by atoms with van der Waals surface area (Å²) in [4.78, 5) is 53.6. The highest BCUT2D eigenvalue weighted by Crippen LogP contribution is 2.31. The minimum absolute atomic E-state index is 0.0890. The molecule has 3 aromatic rings. The Morgan fingerprint density at radius 2 is 1.86 bits per heavy atom. The Balaban J connectivity index is 1.38. The SMILES string of the molecule is O=C(CNC(=O)c1ccc2c(c1)NC(=O)CCS2)Nc1ccc2[nH]c(=O)[nH]c2c1. The molecule has 0 saturated heterocycles. The van der Waals surface area contributed by atoms with Crippen molar-refractivity contribution in [3.8, 4) is 0 Å². The summed E-state index contributed by atoms with van der Waals surface area (Å²) in [6.07, 6.45) is 0.420. The molecule has 3 amide bonds. The fourth-order valence-corrected chi connectivity index (χ4v) is 3.88. The van der Waals surface area contributed by atoms with E-state index in [0.29, 0.717) is 40.1 Å². The van der Waals surface area contributed by atoms with Gasteiger partial charge in [0.2, 0.25) is 11.8 Å². The molecule has 148 valence electrons. The summed E-state index contributed by atoms with van der Waals surface area (Å²) < 4.78 is 0. The first-order valence-corrected chi connectivity index (χ1v) is 9.83. The van der Waals surface area contributed by atoms with Gasteiger partial charge in [0.1, 0.15) is 0 Å². The van der Waals surface area contributed by atoms with E-state index in [1.54, 1.807) is 48.2 Å². The fourth-order valence-electron chi connectivity index (χ4n) is 2.94. The minimum Gasteiger partial charge on any atom is -0.343 e. The number of aromatic nitrogens is 2. The maximum absolute atomic E-state index is 12.4. The first-order chi connectivity index (χ1) is 14.0. The molecule has 9 nitrogen and oxygen atoms in total. The van der Waals surface area contributed by atoms with Crippen molar-refractivity contribution in [3.05, 3.63) is 52.4 Å². The van der Waals surface area contributed by atoms with Gasteiger partial charge in [0.05, 0.1) is 23.3 Å². The molecule has 2 heterocycles. The summed E-state index contributed by atoms with van der Waals surface area (Å²) in [5, 5.41) is 8.01.